The van der Waals surface area contributed by atoms with Gasteiger partial charge in [-0.25, -0.2) is 28.1 Å². The quantitative estimate of drug-likeness (QED) is 0.0524. The molecule has 13 atom stereocenters. The van der Waals surface area contributed by atoms with Crippen molar-refractivity contribution < 1.29 is 84.7 Å². The van der Waals surface area contributed by atoms with Gasteiger partial charge in [-0.2, -0.15) is 4.98 Å². The Morgan fingerprint density at radius 1 is 0.779 bits per heavy atom. The van der Waals surface area contributed by atoms with E-state index in [0.717, 1.165) is 38.2 Å². The summed E-state index contributed by atoms with van der Waals surface area (Å²) in [6, 6.07) is 3.14. The molecule has 68 heavy (non-hydrogen) atoms. The highest BCUT2D eigenvalue weighted by Gasteiger charge is 2.62. The fourth-order valence-electron chi connectivity index (χ4n) is 7.33. The summed E-state index contributed by atoms with van der Waals surface area (Å²) < 4.78 is 92.6. The molecule has 3 saturated heterocycles. The van der Waals surface area contributed by atoms with E-state index in [1.54, 1.807) is 13.1 Å². The lowest BCUT2D eigenvalue weighted by atomic mass is 9.96. The van der Waals surface area contributed by atoms with Crippen LogP contribution in [-0.2, 0) is 55.0 Å². The highest BCUT2D eigenvalue weighted by molar-refractivity contribution is 7.47. The molecule has 34 heteroatoms. The van der Waals surface area contributed by atoms with Crippen LogP contribution in [0.3, 0.4) is 0 Å². The number of aliphatic hydroxyl groups excluding tert-OH is 2. The second kappa shape index (κ2) is 19.9. The van der Waals surface area contributed by atoms with E-state index in [0.29, 0.717) is 0 Å². The molecule has 10 N–H and O–H groups in total. The van der Waals surface area contributed by atoms with Crippen LogP contribution in [0.2, 0.25) is 18.1 Å². The predicted molar refractivity (Wildman–Crippen MR) is 230 cm³/mol. The number of nitrogens with two attached hydrogens (primary N) is 1. The zero-order chi connectivity index (χ0) is 50.5. The average molecular weight is 1050 g/mol. The molecule has 3 aromatic rings. The lowest BCUT2D eigenvalue weighted by Gasteiger charge is -2.46. The fourth-order valence-corrected chi connectivity index (χ4v) is 11.3. The van der Waals surface area contributed by atoms with E-state index in [2.05, 4.69) is 9.51 Å². The van der Waals surface area contributed by atoms with Crippen molar-refractivity contribution in [3.8, 4) is 0 Å². The van der Waals surface area contributed by atoms with Crippen molar-refractivity contribution in [2.45, 2.75) is 119 Å². The number of nitrogen functional groups attached to an aromatic ring is 1. The molecule has 0 bridgehead atoms. The van der Waals surface area contributed by atoms with Gasteiger partial charge in [0.25, 0.3) is 11.1 Å². The van der Waals surface area contributed by atoms with Crippen LogP contribution in [0.5, 0.6) is 0 Å². The average Bonchev–Trinajstić information content (AvgIpc) is 3.81. The highest BCUT2D eigenvalue weighted by atomic mass is 32.2. The minimum Gasteiger partial charge on any atom is -0.404 e. The summed E-state index contributed by atoms with van der Waals surface area (Å²) in [4.78, 5) is 111. The van der Waals surface area contributed by atoms with E-state index in [9.17, 15) is 67.5 Å². The maximum absolute atomic E-state index is 14.0. The van der Waals surface area contributed by atoms with Crippen LogP contribution in [0.25, 0.3) is 0 Å². The van der Waals surface area contributed by atoms with Crippen LogP contribution in [0.4, 0.5) is 5.82 Å². The van der Waals surface area contributed by atoms with Crippen molar-refractivity contribution >= 4 is 37.6 Å². The molecular formula is C34H52N7O23P3Si. The number of phosphoric acid groups is 3. The number of aromatic nitrogens is 6. The standard InChI is InChI=1S/C34H52N7O23P3Si/c1-33(2,3)68(5,6)64-34(4)27(63-67(54,55)57-15-19-25(44)26(45)28(60-19)40-12-9-23(43)38-32(40)48)20(61-29(34)41-10-7-21(35)36-30(41)46)16-58-66(52,53)62-17-13-24(39-11-8-22(42)37-31(39)47)59-18(17)14-56-65(49,50)51/h7-12,17-20,24-29,44-45H,13-16H2,1-6H3,(H,52,53)(H,54,55)(H2,35,36,46)(H,37,42,47)(H,38,43,48)(H2,49,50,51)/t17-,18+,19+,20+,24+,25+,26+,27+,28+,29+,34+/m0/s1/i65+1. The fraction of sp³-hybridized carbons (Fsp3) is 0.647. The van der Waals surface area contributed by atoms with Crippen LogP contribution in [0.1, 0.15) is 52.8 Å². The van der Waals surface area contributed by atoms with Crippen LogP contribution in [-0.4, -0.2) is 135 Å². The number of aliphatic hydroxyl groups is 2. The van der Waals surface area contributed by atoms with E-state index in [4.69, 9.17) is 42.5 Å². The number of H-pyrrole nitrogens is 2. The monoisotopic (exact) mass is 1050 g/mol. The van der Waals surface area contributed by atoms with Crippen LogP contribution < -0.4 is 33.9 Å². The van der Waals surface area contributed by atoms with Gasteiger partial charge in [0.05, 0.1) is 19.8 Å². The number of nitrogens with one attached hydrogen (secondary N) is 2. The lowest BCUT2D eigenvalue weighted by Crippen LogP contribution is -2.57. The molecule has 3 aliphatic rings. The van der Waals surface area contributed by atoms with Gasteiger partial charge < -0.3 is 54.2 Å². The summed E-state index contributed by atoms with van der Waals surface area (Å²) >= 11 is 0. The Labute approximate surface area is 384 Å². The molecule has 3 fully saturated rings. The molecule has 2 unspecified atom stereocenters. The Morgan fingerprint density at radius 2 is 1.32 bits per heavy atom. The van der Waals surface area contributed by atoms with Gasteiger partial charge in [-0.1, -0.05) is 20.8 Å². The molecular weight excluding hydrogens is 996 g/mol. The van der Waals surface area contributed by atoms with Crippen molar-refractivity contribution in [2.75, 3.05) is 25.6 Å². The number of anilines is 1. The second-order valence-electron chi connectivity index (χ2n) is 17.5. The Hall–Kier alpha value is -3.65. The summed E-state index contributed by atoms with van der Waals surface area (Å²) in [5.41, 5.74) is -0.799. The normalized spacial score (nSPS) is 30.9. The first-order valence-corrected chi connectivity index (χ1v) is 27.7. The summed E-state index contributed by atoms with van der Waals surface area (Å²) in [6.07, 6.45) is -14.0. The predicted octanol–water partition coefficient (Wildman–Crippen LogP) is -1.38. The number of ether oxygens (including phenoxy) is 3. The molecule has 3 aliphatic heterocycles. The van der Waals surface area contributed by atoms with Gasteiger partial charge in [-0.3, -0.25) is 55.9 Å². The molecule has 6 rings (SSSR count). The first-order valence-electron chi connectivity index (χ1n) is 20.3. The first kappa shape index (κ1) is 53.7. The van der Waals surface area contributed by atoms with Crippen LogP contribution in [0.15, 0.2) is 60.8 Å². The third-order valence-electron chi connectivity index (χ3n) is 11.6. The number of phosphoric ester groups is 3. The molecule has 0 aromatic carbocycles. The van der Waals surface area contributed by atoms with Crippen molar-refractivity contribution in [3.63, 3.8) is 0 Å². The van der Waals surface area contributed by atoms with Crippen LogP contribution in [0, 0.1) is 0 Å². The van der Waals surface area contributed by atoms with E-state index in [1.807, 2.05) is 30.7 Å². The number of nitrogens with zero attached hydrogens (tertiary/aromatic N) is 4. The molecule has 0 aliphatic carbocycles. The third-order valence-corrected chi connectivity index (χ3v) is 18.6. The Balaban J connectivity index is 1.30. The number of hydrogen-bond donors (Lipinski definition) is 9. The summed E-state index contributed by atoms with van der Waals surface area (Å²) in [5.74, 6) is -0.197. The molecule has 3 aromatic heterocycles. The molecule has 30 nitrogen and oxygen atoms in total. The summed E-state index contributed by atoms with van der Waals surface area (Å²) in [6.45, 7) is 7.45. The van der Waals surface area contributed by atoms with Crippen molar-refractivity contribution in [1.29, 1.82) is 0 Å². The largest absolute Gasteiger partial charge is 0.472 e. The molecule has 0 amide bonds. The van der Waals surface area contributed by atoms with Gasteiger partial charge in [0.1, 0.15) is 60.4 Å². The Morgan fingerprint density at radius 3 is 1.88 bits per heavy atom. The molecule has 380 valence electrons. The van der Waals surface area contributed by atoms with E-state index in [1.165, 1.54) is 19.2 Å². The first-order chi connectivity index (χ1) is 31.3. The number of aromatic amines is 2. The zero-order valence-corrected chi connectivity index (χ0v) is 40.6. The highest BCUT2D eigenvalue weighted by Crippen LogP contribution is 2.56. The summed E-state index contributed by atoms with van der Waals surface area (Å²) in [5, 5.41) is 20.9. The van der Waals surface area contributed by atoms with E-state index in [-0.39, 0.29) is 5.82 Å². The second-order valence-corrected chi connectivity index (χ2v) is 26.3. The molecule has 0 radical (unpaired) electrons. The minimum absolute atomic E-state index is 0.197. The molecule has 0 saturated carbocycles. The molecule has 0 spiro atoms. The SMILES string of the molecule is CC(C)(C)[Si](C)(C)O[C@]1(C)[C@H](OP(=O)(O)OC[C@H]2O[C@@H](n3ccc(=O)[nH]c3=O)[C@H](O)[C@@H]2O)[C@@H](COP(=O)(O)O[C@H]2C[C@H](n3ccc(=O)[nH]c3=O)O[C@@H]2CO[32P](=O)(O)O)O[C@H]1n1ccc(N)nc1=O. The maximum atomic E-state index is 14.0. The minimum atomic E-state index is -5.49. The van der Waals surface area contributed by atoms with Gasteiger partial charge in [-0.05, 0) is 31.1 Å². The van der Waals surface area contributed by atoms with Crippen LogP contribution >= 0.6 is 23.5 Å². The Bertz CT molecular complexity index is 2770. The zero-order valence-electron chi connectivity index (χ0n) is 36.9. The van der Waals surface area contributed by atoms with Crippen molar-refractivity contribution in [1.82, 2.24) is 28.7 Å². The lowest BCUT2D eigenvalue weighted by molar-refractivity contribution is -0.0910. The number of hydrogen-bond acceptors (Lipinski definition) is 21. The summed E-state index contributed by atoms with van der Waals surface area (Å²) in [7, 11) is -19.2. The van der Waals surface area contributed by atoms with E-state index < -0.39 is 158 Å². The third kappa shape index (κ3) is 12.3. The van der Waals surface area contributed by atoms with Gasteiger partial charge in [-0.15, -0.1) is 0 Å². The molecule has 6 heterocycles. The number of rotatable bonds is 18. The van der Waals surface area contributed by atoms with Crippen molar-refractivity contribution in [3.05, 3.63) is 89.0 Å². The Kier molecular flexibility index (Phi) is 15.7. The van der Waals surface area contributed by atoms with Gasteiger partial charge in [0.15, 0.2) is 20.8 Å². The van der Waals surface area contributed by atoms with Gasteiger partial charge >= 0.3 is 40.5 Å². The topological polar surface area (TPSA) is 426 Å². The van der Waals surface area contributed by atoms with E-state index >= 15 is 0 Å². The van der Waals surface area contributed by atoms with Gasteiger partial charge in [0.2, 0.25) is 0 Å². The smallest absolute Gasteiger partial charge is 0.404 e. The van der Waals surface area contributed by atoms with Crippen molar-refractivity contribution in [2.24, 2.45) is 0 Å². The van der Waals surface area contributed by atoms with Gasteiger partial charge in [0, 0.05) is 37.1 Å². The maximum Gasteiger partial charge on any atom is 0.472 e.